The molecule has 0 saturated carbocycles. The lowest BCUT2D eigenvalue weighted by atomic mass is 10.1. The van der Waals surface area contributed by atoms with Gasteiger partial charge < -0.3 is 5.73 Å². The number of nitriles is 1. The van der Waals surface area contributed by atoms with Crippen LogP contribution >= 0.6 is 0 Å². The van der Waals surface area contributed by atoms with Gasteiger partial charge in [-0.2, -0.15) is 5.26 Å². The third-order valence-corrected chi connectivity index (χ3v) is 1.69. The summed E-state index contributed by atoms with van der Waals surface area (Å²) in [7, 11) is 0. The Hall–Kier alpha value is -2.26. The van der Waals surface area contributed by atoms with Crippen LogP contribution in [0.2, 0.25) is 0 Å². The van der Waals surface area contributed by atoms with Crippen molar-refractivity contribution < 1.29 is 4.79 Å². The van der Waals surface area contributed by atoms with E-state index in [1.807, 2.05) is 13.0 Å². The Morgan fingerprint density at radius 2 is 2.21 bits per heavy atom. The molecule has 1 aromatic rings. The SMILES string of the molecule is Cc1ccc(C#CC(N)=O)cc1C#N. The molecule has 0 saturated heterocycles. The Morgan fingerprint density at radius 3 is 2.79 bits per heavy atom. The van der Waals surface area contributed by atoms with Gasteiger partial charge in [0.25, 0.3) is 5.91 Å². The Labute approximate surface area is 82.1 Å². The maximum absolute atomic E-state index is 10.4. The zero-order chi connectivity index (χ0) is 10.6. The Bertz CT molecular complexity index is 472. The van der Waals surface area contributed by atoms with E-state index in [9.17, 15) is 4.79 Å². The van der Waals surface area contributed by atoms with E-state index >= 15 is 0 Å². The minimum absolute atomic E-state index is 0.557. The van der Waals surface area contributed by atoms with Gasteiger partial charge >= 0.3 is 0 Å². The highest BCUT2D eigenvalue weighted by atomic mass is 16.1. The van der Waals surface area contributed by atoms with E-state index in [0.29, 0.717) is 11.1 Å². The van der Waals surface area contributed by atoms with Crippen LogP contribution < -0.4 is 5.73 Å². The Kier molecular flexibility index (Phi) is 2.89. The molecule has 3 nitrogen and oxygen atoms in total. The first-order valence-corrected chi connectivity index (χ1v) is 3.95. The molecule has 0 radical (unpaired) electrons. The van der Waals surface area contributed by atoms with Gasteiger partial charge in [0.05, 0.1) is 11.6 Å². The van der Waals surface area contributed by atoms with Gasteiger partial charge in [-0.3, -0.25) is 4.79 Å². The van der Waals surface area contributed by atoms with E-state index < -0.39 is 5.91 Å². The molecule has 0 aromatic heterocycles. The zero-order valence-electron chi connectivity index (χ0n) is 7.66. The molecule has 0 atom stereocenters. The number of nitrogens with zero attached hydrogens (tertiary/aromatic N) is 1. The van der Waals surface area contributed by atoms with Crippen LogP contribution in [0.5, 0.6) is 0 Å². The summed E-state index contributed by atoms with van der Waals surface area (Å²) in [6, 6.07) is 7.19. The van der Waals surface area contributed by atoms with Gasteiger partial charge in [-0.25, -0.2) is 0 Å². The van der Waals surface area contributed by atoms with Crippen LogP contribution in [0.25, 0.3) is 0 Å². The number of aryl methyl sites for hydroxylation is 1. The minimum Gasteiger partial charge on any atom is -0.359 e. The molecule has 1 aromatic carbocycles. The summed E-state index contributed by atoms with van der Waals surface area (Å²) in [4.78, 5) is 10.4. The topological polar surface area (TPSA) is 66.9 Å². The monoisotopic (exact) mass is 184 g/mol. The molecule has 14 heavy (non-hydrogen) atoms. The van der Waals surface area contributed by atoms with Gasteiger partial charge in [0.1, 0.15) is 0 Å². The number of nitrogens with two attached hydrogens (primary N) is 1. The molecule has 0 bridgehead atoms. The molecule has 1 rings (SSSR count). The van der Waals surface area contributed by atoms with Crippen molar-refractivity contribution in [2.24, 2.45) is 5.73 Å². The van der Waals surface area contributed by atoms with Gasteiger partial charge in [0, 0.05) is 5.56 Å². The van der Waals surface area contributed by atoms with Crippen molar-refractivity contribution in [3.8, 4) is 17.9 Å². The maximum Gasteiger partial charge on any atom is 0.293 e. The number of hydrogen-bond donors (Lipinski definition) is 1. The Morgan fingerprint density at radius 1 is 1.50 bits per heavy atom. The fourth-order valence-electron chi connectivity index (χ4n) is 0.954. The summed E-state index contributed by atoms with van der Waals surface area (Å²) in [5, 5.41) is 8.73. The lowest BCUT2D eigenvalue weighted by molar-refractivity contribution is -0.112. The normalized spacial score (nSPS) is 8.29. The second-order valence-corrected chi connectivity index (χ2v) is 2.76. The van der Waals surface area contributed by atoms with Gasteiger partial charge in [0.15, 0.2) is 0 Å². The molecular weight excluding hydrogens is 176 g/mol. The zero-order valence-corrected chi connectivity index (χ0v) is 7.66. The smallest absolute Gasteiger partial charge is 0.293 e. The van der Waals surface area contributed by atoms with Crippen molar-refractivity contribution >= 4 is 5.91 Å². The Balaban J connectivity index is 3.11. The number of carbonyl (C=O) groups is 1. The summed E-state index contributed by atoms with van der Waals surface area (Å²) in [5.74, 6) is 4.11. The lowest BCUT2D eigenvalue weighted by Gasteiger charge is -1.96. The van der Waals surface area contributed by atoms with Crippen LogP contribution in [0.3, 0.4) is 0 Å². The average molecular weight is 184 g/mol. The molecule has 2 N–H and O–H groups in total. The predicted octanol–water partition coefficient (Wildman–Crippen LogP) is 0.704. The number of carbonyl (C=O) groups excluding carboxylic acids is 1. The molecule has 0 aliphatic rings. The molecule has 68 valence electrons. The maximum atomic E-state index is 10.4. The number of rotatable bonds is 0. The van der Waals surface area contributed by atoms with Gasteiger partial charge in [-0.05, 0) is 30.5 Å². The van der Waals surface area contributed by atoms with Crippen molar-refractivity contribution in [2.45, 2.75) is 6.92 Å². The van der Waals surface area contributed by atoms with E-state index in [1.165, 1.54) is 0 Å². The molecule has 1 amide bonds. The minimum atomic E-state index is -0.677. The highest BCUT2D eigenvalue weighted by molar-refractivity contribution is 5.92. The van der Waals surface area contributed by atoms with Crippen LogP contribution in [0.1, 0.15) is 16.7 Å². The molecule has 0 spiro atoms. The molecule has 0 unspecified atom stereocenters. The van der Waals surface area contributed by atoms with Crippen molar-refractivity contribution in [3.05, 3.63) is 34.9 Å². The van der Waals surface area contributed by atoms with E-state index in [0.717, 1.165) is 5.56 Å². The highest BCUT2D eigenvalue weighted by Gasteiger charge is 1.96. The van der Waals surface area contributed by atoms with E-state index in [2.05, 4.69) is 11.8 Å². The molecule has 0 aliphatic heterocycles. The number of amides is 1. The van der Waals surface area contributed by atoms with Gasteiger partial charge in [0.2, 0.25) is 0 Å². The third-order valence-electron chi connectivity index (χ3n) is 1.69. The number of benzene rings is 1. The number of primary amides is 1. The van der Waals surface area contributed by atoms with Crippen molar-refractivity contribution in [3.63, 3.8) is 0 Å². The third kappa shape index (κ3) is 2.36. The first kappa shape index (κ1) is 9.83. The highest BCUT2D eigenvalue weighted by Crippen LogP contribution is 2.08. The van der Waals surface area contributed by atoms with Crippen LogP contribution in [0.4, 0.5) is 0 Å². The quantitative estimate of drug-likeness (QED) is 0.603. The summed E-state index contributed by atoms with van der Waals surface area (Å²) < 4.78 is 0. The number of hydrogen-bond acceptors (Lipinski definition) is 2. The van der Waals surface area contributed by atoms with Crippen molar-refractivity contribution in [1.29, 1.82) is 5.26 Å². The first-order chi connectivity index (χ1) is 6.63. The van der Waals surface area contributed by atoms with Crippen LogP contribution in [-0.4, -0.2) is 5.91 Å². The molecule has 3 heteroatoms. The average Bonchev–Trinajstić information content (AvgIpc) is 2.16. The van der Waals surface area contributed by atoms with Crippen LogP contribution in [0, 0.1) is 30.1 Å². The second kappa shape index (κ2) is 4.11. The summed E-state index contributed by atoms with van der Waals surface area (Å²) in [6.07, 6.45) is 0. The molecule has 0 aliphatic carbocycles. The first-order valence-electron chi connectivity index (χ1n) is 3.95. The van der Waals surface area contributed by atoms with Crippen LogP contribution in [-0.2, 0) is 4.79 Å². The largest absolute Gasteiger partial charge is 0.359 e. The van der Waals surface area contributed by atoms with Crippen LogP contribution in [0.15, 0.2) is 18.2 Å². The van der Waals surface area contributed by atoms with Gasteiger partial charge in [-0.1, -0.05) is 12.0 Å². The van der Waals surface area contributed by atoms with E-state index in [1.54, 1.807) is 18.2 Å². The lowest BCUT2D eigenvalue weighted by Crippen LogP contribution is -2.06. The summed E-state index contributed by atoms with van der Waals surface area (Å²) in [5.41, 5.74) is 6.92. The molecule has 0 fully saturated rings. The van der Waals surface area contributed by atoms with Gasteiger partial charge in [-0.15, -0.1) is 0 Å². The van der Waals surface area contributed by atoms with Crippen molar-refractivity contribution in [2.75, 3.05) is 0 Å². The summed E-state index contributed by atoms with van der Waals surface area (Å²) in [6.45, 7) is 1.84. The fourth-order valence-corrected chi connectivity index (χ4v) is 0.954. The van der Waals surface area contributed by atoms with E-state index in [-0.39, 0.29) is 0 Å². The van der Waals surface area contributed by atoms with E-state index in [4.69, 9.17) is 11.0 Å². The summed E-state index contributed by atoms with van der Waals surface area (Å²) >= 11 is 0. The second-order valence-electron chi connectivity index (χ2n) is 2.76. The van der Waals surface area contributed by atoms with Crippen molar-refractivity contribution in [1.82, 2.24) is 0 Å². The molecule has 0 heterocycles. The molecular formula is C11H8N2O. The fraction of sp³-hybridized carbons (Fsp3) is 0.0909. The predicted molar refractivity (Wildman–Crippen MR) is 52.0 cm³/mol. The standard InChI is InChI=1S/C11H8N2O/c1-8-2-3-9(4-5-11(13)14)6-10(8)7-12/h2-3,6H,1H3,(H2,13,14).